The SMILES string of the molecule is Cc1nccn1[C@H]1CCCN(C(=O)C2(c3cccc(F)c3)CCC2)C1. The van der Waals surface area contributed by atoms with Crippen LogP contribution in [0.4, 0.5) is 4.39 Å². The molecule has 2 aliphatic rings. The lowest BCUT2D eigenvalue weighted by Gasteiger charge is -2.46. The Kier molecular flexibility index (Phi) is 4.10. The number of halogens is 1. The van der Waals surface area contributed by atoms with Gasteiger partial charge in [0.2, 0.25) is 5.91 Å². The van der Waals surface area contributed by atoms with Crippen LogP contribution in [0.5, 0.6) is 0 Å². The van der Waals surface area contributed by atoms with Gasteiger partial charge in [-0.3, -0.25) is 4.79 Å². The first-order valence-electron chi connectivity index (χ1n) is 9.15. The minimum Gasteiger partial charge on any atom is -0.340 e. The summed E-state index contributed by atoms with van der Waals surface area (Å²) in [5.74, 6) is 0.900. The van der Waals surface area contributed by atoms with Gasteiger partial charge in [-0.1, -0.05) is 18.6 Å². The fraction of sp³-hybridized carbons (Fsp3) is 0.500. The molecule has 2 fully saturated rings. The number of carbonyl (C=O) groups excluding carboxylic acids is 1. The van der Waals surface area contributed by atoms with Crippen LogP contribution in [-0.4, -0.2) is 33.4 Å². The summed E-state index contributed by atoms with van der Waals surface area (Å²) in [5.41, 5.74) is 0.318. The van der Waals surface area contributed by atoms with Crippen LogP contribution in [0.3, 0.4) is 0 Å². The predicted octanol–water partition coefficient (Wildman–Crippen LogP) is 3.62. The Morgan fingerprint density at radius 1 is 1.32 bits per heavy atom. The molecule has 0 spiro atoms. The van der Waals surface area contributed by atoms with Crippen molar-refractivity contribution in [2.24, 2.45) is 0 Å². The molecule has 1 saturated carbocycles. The molecule has 1 saturated heterocycles. The van der Waals surface area contributed by atoms with Crippen LogP contribution >= 0.6 is 0 Å². The van der Waals surface area contributed by atoms with Gasteiger partial charge in [0.1, 0.15) is 11.6 Å². The van der Waals surface area contributed by atoms with Gasteiger partial charge in [0.25, 0.3) is 0 Å². The molecular formula is C20H24FN3O. The smallest absolute Gasteiger partial charge is 0.233 e. The summed E-state index contributed by atoms with van der Waals surface area (Å²) in [7, 11) is 0. The van der Waals surface area contributed by atoms with E-state index in [-0.39, 0.29) is 17.8 Å². The minimum atomic E-state index is -0.520. The second-order valence-electron chi connectivity index (χ2n) is 7.37. The van der Waals surface area contributed by atoms with Crippen molar-refractivity contribution >= 4 is 5.91 Å². The molecule has 5 heteroatoms. The standard InChI is InChI=1S/C20H24FN3O/c1-15-22-10-12-24(15)18-7-3-11-23(14-18)19(25)20(8-4-9-20)16-5-2-6-17(21)13-16/h2,5-6,10,12-13,18H,3-4,7-9,11,14H2,1H3/t18-/m0/s1. The molecule has 4 nitrogen and oxygen atoms in total. The summed E-state index contributed by atoms with van der Waals surface area (Å²) in [4.78, 5) is 19.7. The monoisotopic (exact) mass is 341 g/mol. The van der Waals surface area contributed by atoms with Gasteiger partial charge in [-0.25, -0.2) is 9.37 Å². The van der Waals surface area contributed by atoms with Crippen molar-refractivity contribution in [1.82, 2.24) is 14.5 Å². The fourth-order valence-electron chi connectivity index (χ4n) is 4.38. The number of piperidine rings is 1. The number of likely N-dealkylation sites (tertiary alicyclic amines) is 1. The van der Waals surface area contributed by atoms with E-state index in [9.17, 15) is 9.18 Å². The molecule has 1 aliphatic carbocycles. The number of aryl methyl sites for hydroxylation is 1. The van der Waals surface area contributed by atoms with Gasteiger partial charge >= 0.3 is 0 Å². The topological polar surface area (TPSA) is 38.1 Å². The van der Waals surface area contributed by atoms with Gasteiger partial charge in [0, 0.05) is 25.5 Å². The van der Waals surface area contributed by atoms with Crippen molar-refractivity contribution in [3.05, 3.63) is 53.9 Å². The average Bonchev–Trinajstić information content (AvgIpc) is 3.00. The van der Waals surface area contributed by atoms with Crippen molar-refractivity contribution in [3.8, 4) is 0 Å². The van der Waals surface area contributed by atoms with Gasteiger partial charge < -0.3 is 9.47 Å². The number of hydrogen-bond donors (Lipinski definition) is 0. The van der Waals surface area contributed by atoms with Crippen LogP contribution in [0.2, 0.25) is 0 Å². The van der Waals surface area contributed by atoms with Crippen molar-refractivity contribution in [1.29, 1.82) is 0 Å². The van der Waals surface area contributed by atoms with Crippen molar-refractivity contribution in [2.75, 3.05) is 13.1 Å². The highest BCUT2D eigenvalue weighted by atomic mass is 19.1. The van der Waals surface area contributed by atoms with E-state index < -0.39 is 5.41 Å². The van der Waals surface area contributed by atoms with Gasteiger partial charge in [0.15, 0.2) is 0 Å². The highest BCUT2D eigenvalue weighted by molar-refractivity contribution is 5.89. The van der Waals surface area contributed by atoms with E-state index >= 15 is 0 Å². The third kappa shape index (κ3) is 2.75. The summed E-state index contributed by atoms with van der Waals surface area (Å²) in [6, 6.07) is 6.88. The molecule has 132 valence electrons. The van der Waals surface area contributed by atoms with Crippen LogP contribution in [0.25, 0.3) is 0 Å². The minimum absolute atomic E-state index is 0.173. The number of rotatable bonds is 3. The summed E-state index contributed by atoms with van der Waals surface area (Å²) in [6.45, 7) is 3.51. The molecule has 25 heavy (non-hydrogen) atoms. The lowest BCUT2D eigenvalue weighted by Crippen LogP contribution is -2.53. The highest BCUT2D eigenvalue weighted by Crippen LogP contribution is 2.46. The number of aromatic nitrogens is 2. The van der Waals surface area contributed by atoms with E-state index in [4.69, 9.17) is 0 Å². The van der Waals surface area contributed by atoms with Crippen LogP contribution in [0, 0.1) is 12.7 Å². The van der Waals surface area contributed by atoms with E-state index in [2.05, 4.69) is 9.55 Å². The molecule has 0 radical (unpaired) electrons. The van der Waals surface area contributed by atoms with Gasteiger partial charge in [-0.15, -0.1) is 0 Å². The largest absolute Gasteiger partial charge is 0.340 e. The molecule has 1 aromatic heterocycles. The molecule has 0 unspecified atom stereocenters. The molecule has 1 aliphatic heterocycles. The Labute approximate surface area is 147 Å². The van der Waals surface area contributed by atoms with Crippen molar-refractivity contribution in [2.45, 2.75) is 50.5 Å². The first kappa shape index (κ1) is 16.3. The maximum atomic E-state index is 13.7. The molecule has 4 rings (SSSR count). The average molecular weight is 341 g/mol. The number of nitrogens with zero attached hydrogens (tertiary/aromatic N) is 3. The Bertz CT molecular complexity index is 781. The maximum Gasteiger partial charge on any atom is 0.233 e. The quantitative estimate of drug-likeness (QED) is 0.855. The molecule has 2 heterocycles. The first-order chi connectivity index (χ1) is 12.1. The van der Waals surface area contributed by atoms with E-state index in [0.29, 0.717) is 6.54 Å². The molecule has 2 aromatic rings. The van der Waals surface area contributed by atoms with E-state index in [1.807, 2.05) is 30.3 Å². The van der Waals surface area contributed by atoms with Gasteiger partial charge in [-0.05, 0) is 50.3 Å². The Morgan fingerprint density at radius 3 is 2.80 bits per heavy atom. The second kappa shape index (κ2) is 6.28. The van der Waals surface area contributed by atoms with E-state index in [1.165, 1.54) is 6.07 Å². The number of hydrogen-bond acceptors (Lipinski definition) is 2. The summed E-state index contributed by atoms with van der Waals surface area (Å²) < 4.78 is 15.9. The summed E-state index contributed by atoms with van der Waals surface area (Å²) >= 11 is 0. The van der Waals surface area contributed by atoms with Gasteiger partial charge in [-0.2, -0.15) is 0 Å². The summed E-state index contributed by atoms with van der Waals surface area (Å²) in [5, 5.41) is 0. The van der Waals surface area contributed by atoms with Crippen LogP contribution in [0.15, 0.2) is 36.7 Å². The number of carbonyl (C=O) groups is 1. The third-order valence-electron chi connectivity index (χ3n) is 5.93. The molecule has 1 amide bonds. The Hall–Kier alpha value is -2.17. The normalized spacial score (nSPS) is 22.5. The molecular weight excluding hydrogens is 317 g/mol. The summed E-state index contributed by atoms with van der Waals surface area (Å²) in [6.07, 6.45) is 8.54. The zero-order valence-electron chi connectivity index (χ0n) is 14.6. The fourth-order valence-corrected chi connectivity index (χ4v) is 4.38. The first-order valence-corrected chi connectivity index (χ1v) is 9.15. The van der Waals surface area contributed by atoms with E-state index in [0.717, 1.165) is 50.0 Å². The zero-order chi connectivity index (χ0) is 17.4. The third-order valence-corrected chi connectivity index (χ3v) is 5.93. The predicted molar refractivity (Wildman–Crippen MR) is 93.7 cm³/mol. The van der Waals surface area contributed by atoms with E-state index in [1.54, 1.807) is 12.1 Å². The Morgan fingerprint density at radius 2 is 2.16 bits per heavy atom. The van der Waals surface area contributed by atoms with Gasteiger partial charge in [0.05, 0.1) is 11.5 Å². The maximum absolute atomic E-state index is 13.7. The lowest BCUT2D eigenvalue weighted by atomic mass is 9.63. The molecule has 1 atom stereocenters. The van der Waals surface area contributed by atoms with Crippen molar-refractivity contribution < 1.29 is 9.18 Å². The number of amides is 1. The lowest BCUT2D eigenvalue weighted by molar-refractivity contribution is -0.142. The number of benzene rings is 1. The second-order valence-corrected chi connectivity index (χ2v) is 7.37. The zero-order valence-corrected chi connectivity index (χ0v) is 14.6. The van der Waals surface area contributed by atoms with Crippen molar-refractivity contribution in [3.63, 3.8) is 0 Å². The van der Waals surface area contributed by atoms with Crippen LogP contribution in [-0.2, 0) is 10.2 Å². The molecule has 1 aromatic carbocycles. The highest BCUT2D eigenvalue weighted by Gasteiger charge is 2.48. The molecule has 0 N–H and O–H groups in total. The van der Waals surface area contributed by atoms with Crippen LogP contribution in [0.1, 0.15) is 49.5 Å². The Balaban J connectivity index is 1.58. The van der Waals surface area contributed by atoms with Crippen LogP contribution < -0.4 is 0 Å². The molecule has 0 bridgehead atoms. The number of imidazole rings is 1.